The zero-order chi connectivity index (χ0) is 11.0. The van der Waals surface area contributed by atoms with Crippen LogP contribution in [0.3, 0.4) is 0 Å². The van der Waals surface area contributed by atoms with Crippen molar-refractivity contribution in [3.8, 4) is 0 Å². The van der Waals surface area contributed by atoms with Crippen LogP contribution in [0.2, 0.25) is 0 Å². The maximum absolute atomic E-state index is 11.6. The highest BCUT2D eigenvalue weighted by atomic mass is 16.2. The number of rotatable bonds is 6. The summed E-state index contributed by atoms with van der Waals surface area (Å²) < 4.78 is 0. The molecule has 0 saturated carbocycles. The van der Waals surface area contributed by atoms with E-state index in [9.17, 15) is 4.79 Å². The molecular weight excluding hydrogens is 178 g/mol. The lowest BCUT2D eigenvalue weighted by Crippen LogP contribution is -2.45. The molecule has 0 atom stereocenters. The van der Waals surface area contributed by atoms with Gasteiger partial charge in [0.1, 0.15) is 0 Å². The molecule has 0 aliphatic rings. The van der Waals surface area contributed by atoms with E-state index in [-0.39, 0.29) is 12.1 Å². The summed E-state index contributed by atoms with van der Waals surface area (Å²) in [5.41, 5.74) is 5.42. The van der Waals surface area contributed by atoms with Crippen molar-refractivity contribution in [1.29, 1.82) is 0 Å². The number of carbonyl (C=O) groups excluding carboxylic acids is 1. The molecular formula is C10H23N3O. The third kappa shape index (κ3) is 5.07. The molecule has 4 heteroatoms. The Morgan fingerprint density at radius 3 is 2.57 bits per heavy atom. The number of amides is 2. The fraction of sp³-hybridized carbons (Fsp3) is 0.900. The van der Waals surface area contributed by atoms with Crippen molar-refractivity contribution >= 4 is 6.03 Å². The number of carbonyl (C=O) groups is 1. The van der Waals surface area contributed by atoms with Crippen molar-refractivity contribution in [3.05, 3.63) is 0 Å². The number of hydrogen-bond acceptors (Lipinski definition) is 2. The van der Waals surface area contributed by atoms with Gasteiger partial charge in [-0.25, -0.2) is 4.79 Å². The minimum absolute atomic E-state index is 0.0234. The predicted octanol–water partition coefficient (Wildman–Crippen LogP) is 1.17. The van der Waals surface area contributed by atoms with Gasteiger partial charge >= 0.3 is 6.03 Å². The second kappa shape index (κ2) is 7.62. The maximum Gasteiger partial charge on any atom is 0.317 e. The molecule has 0 fully saturated rings. The minimum Gasteiger partial charge on any atom is -0.338 e. The first-order chi connectivity index (χ1) is 6.63. The Morgan fingerprint density at radius 1 is 1.50 bits per heavy atom. The van der Waals surface area contributed by atoms with Gasteiger partial charge in [0.2, 0.25) is 0 Å². The van der Waals surface area contributed by atoms with Gasteiger partial charge in [0.15, 0.2) is 0 Å². The summed E-state index contributed by atoms with van der Waals surface area (Å²) in [7, 11) is 0. The van der Waals surface area contributed by atoms with Crippen molar-refractivity contribution in [2.24, 2.45) is 5.73 Å². The summed E-state index contributed by atoms with van der Waals surface area (Å²) in [6.07, 6.45) is 1.83. The number of nitrogens with two attached hydrogens (primary N) is 1. The number of hydrogen-bond donors (Lipinski definition) is 2. The van der Waals surface area contributed by atoms with Gasteiger partial charge in [-0.15, -0.1) is 0 Å². The summed E-state index contributed by atoms with van der Waals surface area (Å²) in [5.74, 6) is 0. The van der Waals surface area contributed by atoms with Crippen molar-refractivity contribution in [1.82, 2.24) is 10.2 Å². The molecule has 2 amide bonds. The third-order valence-electron chi connectivity index (χ3n) is 2.01. The predicted molar refractivity (Wildman–Crippen MR) is 59.2 cm³/mol. The van der Waals surface area contributed by atoms with E-state index in [1.54, 1.807) is 0 Å². The van der Waals surface area contributed by atoms with Crippen LogP contribution in [0.4, 0.5) is 4.79 Å². The number of urea groups is 1. The Labute approximate surface area is 86.8 Å². The fourth-order valence-corrected chi connectivity index (χ4v) is 1.19. The first-order valence-electron chi connectivity index (χ1n) is 5.38. The summed E-state index contributed by atoms with van der Waals surface area (Å²) >= 11 is 0. The molecule has 0 rings (SSSR count). The Hall–Kier alpha value is -0.770. The minimum atomic E-state index is 0.0234. The van der Waals surface area contributed by atoms with Crippen molar-refractivity contribution in [2.45, 2.75) is 39.7 Å². The summed E-state index contributed by atoms with van der Waals surface area (Å²) in [6, 6.07) is 0.258. The molecule has 0 aliphatic heterocycles. The molecule has 0 aromatic heterocycles. The highest BCUT2D eigenvalue weighted by Gasteiger charge is 2.14. The lowest BCUT2D eigenvalue weighted by Gasteiger charge is -2.26. The van der Waals surface area contributed by atoms with Crippen LogP contribution in [0.1, 0.15) is 33.6 Å². The Morgan fingerprint density at radius 2 is 2.14 bits per heavy atom. The van der Waals surface area contributed by atoms with Crippen molar-refractivity contribution in [3.63, 3.8) is 0 Å². The van der Waals surface area contributed by atoms with E-state index in [0.717, 1.165) is 25.9 Å². The lowest BCUT2D eigenvalue weighted by molar-refractivity contribution is 0.183. The molecule has 14 heavy (non-hydrogen) atoms. The van der Waals surface area contributed by atoms with Gasteiger partial charge in [0.05, 0.1) is 0 Å². The van der Waals surface area contributed by atoms with Crippen LogP contribution in [-0.4, -0.2) is 36.6 Å². The van der Waals surface area contributed by atoms with Crippen LogP contribution in [0, 0.1) is 0 Å². The Bertz CT molecular complexity index is 159. The van der Waals surface area contributed by atoms with E-state index in [1.165, 1.54) is 0 Å². The highest BCUT2D eigenvalue weighted by Crippen LogP contribution is 1.99. The molecule has 4 nitrogen and oxygen atoms in total. The first kappa shape index (κ1) is 13.2. The van der Waals surface area contributed by atoms with E-state index in [1.807, 2.05) is 25.7 Å². The van der Waals surface area contributed by atoms with Gasteiger partial charge < -0.3 is 16.0 Å². The van der Waals surface area contributed by atoms with Crippen molar-refractivity contribution in [2.75, 3.05) is 19.6 Å². The molecule has 0 bridgehead atoms. The Kier molecular flexibility index (Phi) is 7.20. The third-order valence-corrected chi connectivity index (χ3v) is 2.01. The molecule has 0 saturated heterocycles. The lowest BCUT2D eigenvalue weighted by atomic mass is 10.3. The molecule has 0 radical (unpaired) electrons. The highest BCUT2D eigenvalue weighted by molar-refractivity contribution is 5.74. The van der Waals surface area contributed by atoms with Gasteiger partial charge in [0, 0.05) is 19.1 Å². The molecule has 84 valence electrons. The zero-order valence-electron chi connectivity index (χ0n) is 9.55. The second-order valence-corrected chi connectivity index (χ2v) is 3.66. The van der Waals surface area contributed by atoms with Gasteiger partial charge in [-0.1, -0.05) is 6.92 Å². The summed E-state index contributed by atoms with van der Waals surface area (Å²) in [6.45, 7) is 8.18. The van der Waals surface area contributed by atoms with Gasteiger partial charge in [-0.05, 0) is 33.2 Å². The number of nitrogens with one attached hydrogen (secondary N) is 1. The van der Waals surface area contributed by atoms with E-state index < -0.39 is 0 Å². The largest absolute Gasteiger partial charge is 0.338 e. The SMILES string of the molecule is CCCNC(=O)N(CCCN)C(C)C. The van der Waals surface area contributed by atoms with Crippen LogP contribution in [0.15, 0.2) is 0 Å². The van der Waals surface area contributed by atoms with Crippen LogP contribution in [-0.2, 0) is 0 Å². The normalized spacial score (nSPS) is 10.4. The molecule has 0 spiro atoms. The quantitative estimate of drug-likeness (QED) is 0.677. The Balaban J connectivity index is 3.98. The number of nitrogens with zero attached hydrogens (tertiary/aromatic N) is 1. The molecule has 0 aromatic carbocycles. The van der Waals surface area contributed by atoms with Crippen LogP contribution >= 0.6 is 0 Å². The van der Waals surface area contributed by atoms with Crippen LogP contribution < -0.4 is 11.1 Å². The average molecular weight is 201 g/mol. The van der Waals surface area contributed by atoms with E-state index in [4.69, 9.17) is 5.73 Å². The van der Waals surface area contributed by atoms with Gasteiger partial charge in [-0.2, -0.15) is 0 Å². The first-order valence-corrected chi connectivity index (χ1v) is 5.38. The van der Waals surface area contributed by atoms with Gasteiger partial charge in [0.25, 0.3) is 0 Å². The van der Waals surface area contributed by atoms with E-state index >= 15 is 0 Å². The van der Waals surface area contributed by atoms with Crippen LogP contribution in [0.25, 0.3) is 0 Å². The monoisotopic (exact) mass is 201 g/mol. The zero-order valence-corrected chi connectivity index (χ0v) is 9.55. The molecule has 0 unspecified atom stereocenters. The maximum atomic E-state index is 11.6. The van der Waals surface area contributed by atoms with E-state index in [2.05, 4.69) is 5.32 Å². The van der Waals surface area contributed by atoms with Crippen LogP contribution in [0.5, 0.6) is 0 Å². The standard InChI is InChI=1S/C10H23N3O/c1-4-7-12-10(14)13(9(2)3)8-5-6-11/h9H,4-8,11H2,1-3H3,(H,12,14). The molecule has 3 N–H and O–H groups in total. The summed E-state index contributed by atoms with van der Waals surface area (Å²) in [5, 5.41) is 2.87. The fourth-order valence-electron chi connectivity index (χ4n) is 1.19. The smallest absolute Gasteiger partial charge is 0.317 e. The summed E-state index contributed by atoms with van der Waals surface area (Å²) in [4.78, 5) is 13.4. The van der Waals surface area contributed by atoms with Gasteiger partial charge in [-0.3, -0.25) is 0 Å². The molecule has 0 aromatic rings. The molecule has 0 aliphatic carbocycles. The molecule has 0 heterocycles. The van der Waals surface area contributed by atoms with E-state index in [0.29, 0.717) is 6.54 Å². The average Bonchev–Trinajstić information content (AvgIpc) is 2.14. The van der Waals surface area contributed by atoms with Crippen molar-refractivity contribution < 1.29 is 4.79 Å². The second-order valence-electron chi connectivity index (χ2n) is 3.66. The topological polar surface area (TPSA) is 58.4 Å².